The largest absolute Gasteiger partial charge is 0.573 e. The SMILES string of the molecule is O=C(CCNS(=O)(=O)c1ccc(OC(F)(F)F)cc1)NCc1ccc(NC(=O)C2CC2)cc1. The van der Waals surface area contributed by atoms with Crippen molar-refractivity contribution in [3.63, 3.8) is 0 Å². The van der Waals surface area contributed by atoms with Gasteiger partial charge in [-0.3, -0.25) is 9.59 Å². The molecule has 0 heterocycles. The van der Waals surface area contributed by atoms with Crippen molar-refractivity contribution in [1.29, 1.82) is 0 Å². The predicted molar refractivity (Wildman–Crippen MR) is 113 cm³/mol. The van der Waals surface area contributed by atoms with E-state index in [0.717, 1.165) is 42.7 Å². The Kier molecular flexibility index (Phi) is 7.59. The van der Waals surface area contributed by atoms with Gasteiger partial charge in [-0.25, -0.2) is 13.1 Å². The fourth-order valence-corrected chi connectivity index (χ4v) is 3.82. The number of alkyl halides is 3. The molecule has 8 nitrogen and oxygen atoms in total. The zero-order valence-corrected chi connectivity index (χ0v) is 18.1. The van der Waals surface area contributed by atoms with Crippen molar-refractivity contribution in [2.24, 2.45) is 5.92 Å². The van der Waals surface area contributed by atoms with Gasteiger partial charge in [0.05, 0.1) is 4.90 Å². The van der Waals surface area contributed by atoms with Crippen LogP contribution in [0.2, 0.25) is 0 Å². The number of sulfonamides is 1. The molecule has 1 fully saturated rings. The minimum atomic E-state index is -4.87. The maximum Gasteiger partial charge on any atom is 0.573 e. The zero-order chi connectivity index (χ0) is 24.1. The highest BCUT2D eigenvalue weighted by Crippen LogP contribution is 2.30. The van der Waals surface area contributed by atoms with Crippen LogP contribution in [-0.2, 0) is 26.2 Å². The summed E-state index contributed by atoms with van der Waals surface area (Å²) in [6.07, 6.45) is -3.19. The number of ether oxygens (including phenoxy) is 1. The molecular formula is C21H22F3N3O5S. The van der Waals surface area contributed by atoms with Gasteiger partial charge in [0.15, 0.2) is 0 Å². The molecule has 3 rings (SSSR count). The Hall–Kier alpha value is -3.12. The van der Waals surface area contributed by atoms with E-state index in [2.05, 4.69) is 20.1 Å². The van der Waals surface area contributed by atoms with E-state index in [1.807, 2.05) is 0 Å². The van der Waals surface area contributed by atoms with Crippen LogP contribution in [-0.4, -0.2) is 33.1 Å². The summed E-state index contributed by atoms with van der Waals surface area (Å²) >= 11 is 0. The van der Waals surface area contributed by atoms with Crippen LogP contribution >= 0.6 is 0 Å². The predicted octanol–water partition coefficient (Wildman–Crippen LogP) is 2.92. The van der Waals surface area contributed by atoms with Crippen LogP contribution in [0.1, 0.15) is 24.8 Å². The summed E-state index contributed by atoms with van der Waals surface area (Å²) in [6, 6.07) is 10.7. The summed E-state index contributed by atoms with van der Waals surface area (Å²) in [5.41, 5.74) is 1.48. The molecule has 12 heteroatoms. The molecule has 0 atom stereocenters. The number of carbonyl (C=O) groups excluding carboxylic acids is 2. The number of hydrogen-bond acceptors (Lipinski definition) is 5. The summed E-state index contributed by atoms with van der Waals surface area (Å²) in [4.78, 5) is 23.5. The van der Waals surface area contributed by atoms with E-state index in [-0.39, 0.29) is 36.2 Å². The van der Waals surface area contributed by atoms with Gasteiger partial charge in [0, 0.05) is 31.1 Å². The standard InChI is InChI=1S/C21H22F3N3O5S/c22-21(23,24)32-17-7-9-18(10-8-17)33(30,31)26-12-11-19(28)25-13-14-1-5-16(6-2-14)27-20(29)15-3-4-15/h1-2,5-10,15,26H,3-4,11-13H2,(H,25,28)(H,27,29). The molecule has 0 unspecified atom stereocenters. The average molecular weight is 485 g/mol. The van der Waals surface area contributed by atoms with E-state index < -0.39 is 28.0 Å². The van der Waals surface area contributed by atoms with Gasteiger partial charge in [0.1, 0.15) is 5.75 Å². The summed E-state index contributed by atoms with van der Waals surface area (Å²) in [5, 5.41) is 5.47. The minimum absolute atomic E-state index is 0.00379. The quantitative estimate of drug-likeness (QED) is 0.479. The van der Waals surface area contributed by atoms with E-state index in [4.69, 9.17) is 0 Å². The normalized spacial score (nSPS) is 13.9. The molecule has 0 spiro atoms. The Morgan fingerprint density at radius 3 is 2.21 bits per heavy atom. The van der Waals surface area contributed by atoms with Crippen LogP contribution in [0.15, 0.2) is 53.4 Å². The van der Waals surface area contributed by atoms with Gasteiger partial charge < -0.3 is 15.4 Å². The number of rotatable bonds is 10. The lowest BCUT2D eigenvalue weighted by Crippen LogP contribution is -2.30. The molecule has 0 radical (unpaired) electrons. The first-order chi connectivity index (χ1) is 15.5. The van der Waals surface area contributed by atoms with Crippen molar-refractivity contribution in [3.05, 3.63) is 54.1 Å². The average Bonchev–Trinajstić information content (AvgIpc) is 3.58. The number of nitrogens with one attached hydrogen (secondary N) is 3. The van der Waals surface area contributed by atoms with Crippen LogP contribution in [0.25, 0.3) is 0 Å². The first-order valence-corrected chi connectivity index (χ1v) is 11.5. The number of anilines is 1. The number of carbonyl (C=O) groups is 2. The van der Waals surface area contributed by atoms with Crippen molar-refractivity contribution in [2.75, 3.05) is 11.9 Å². The number of benzene rings is 2. The van der Waals surface area contributed by atoms with Gasteiger partial charge in [-0.05, 0) is 54.8 Å². The first-order valence-electron chi connectivity index (χ1n) is 10.0. The minimum Gasteiger partial charge on any atom is -0.406 e. The molecule has 2 aromatic carbocycles. The molecule has 0 aliphatic heterocycles. The monoisotopic (exact) mass is 485 g/mol. The lowest BCUT2D eigenvalue weighted by Gasteiger charge is -2.10. The highest BCUT2D eigenvalue weighted by Gasteiger charge is 2.31. The highest BCUT2D eigenvalue weighted by atomic mass is 32.2. The molecule has 33 heavy (non-hydrogen) atoms. The van der Waals surface area contributed by atoms with E-state index >= 15 is 0 Å². The van der Waals surface area contributed by atoms with Gasteiger partial charge in [-0.15, -0.1) is 13.2 Å². The maximum atomic E-state index is 12.2. The Labute approximate surface area is 188 Å². The van der Waals surface area contributed by atoms with Crippen LogP contribution in [0.4, 0.5) is 18.9 Å². The Balaban J connectivity index is 1.40. The van der Waals surface area contributed by atoms with Gasteiger partial charge in [0.25, 0.3) is 0 Å². The summed E-state index contributed by atoms with van der Waals surface area (Å²) in [6.45, 7) is 0.0320. The van der Waals surface area contributed by atoms with Gasteiger partial charge >= 0.3 is 6.36 Å². The molecule has 1 aliphatic rings. The Bertz CT molecular complexity index is 1080. The zero-order valence-electron chi connectivity index (χ0n) is 17.3. The Morgan fingerprint density at radius 2 is 1.64 bits per heavy atom. The van der Waals surface area contributed by atoms with Crippen LogP contribution in [0.5, 0.6) is 5.75 Å². The third-order valence-electron chi connectivity index (χ3n) is 4.67. The van der Waals surface area contributed by atoms with E-state index in [1.165, 1.54) is 0 Å². The van der Waals surface area contributed by atoms with Crippen molar-refractivity contribution < 1.29 is 35.9 Å². The smallest absolute Gasteiger partial charge is 0.406 e. The van der Waals surface area contributed by atoms with E-state index in [0.29, 0.717) is 5.69 Å². The van der Waals surface area contributed by atoms with Crippen LogP contribution < -0.4 is 20.1 Å². The van der Waals surface area contributed by atoms with Crippen molar-refractivity contribution in [3.8, 4) is 5.75 Å². The van der Waals surface area contributed by atoms with E-state index in [1.54, 1.807) is 24.3 Å². The molecule has 2 amide bonds. The Morgan fingerprint density at radius 1 is 1.00 bits per heavy atom. The molecule has 0 aromatic heterocycles. The fourth-order valence-electron chi connectivity index (χ4n) is 2.79. The van der Waals surface area contributed by atoms with Crippen molar-refractivity contribution in [1.82, 2.24) is 10.0 Å². The van der Waals surface area contributed by atoms with Crippen LogP contribution in [0, 0.1) is 5.92 Å². The summed E-state index contributed by atoms with van der Waals surface area (Å²) < 4.78 is 66.9. The third-order valence-corrected chi connectivity index (χ3v) is 6.15. The molecule has 178 valence electrons. The second-order valence-corrected chi connectivity index (χ2v) is 9.17. The van der Waals surface area contributed by atoms with E-state index in [9.17, 15) is 31.2 Å². The molecule has 0 bridgehead atoms. The second kappa shape index (κ2) is 10.2. The molecule has 3 N–H and O–H groups in total. The highest BCUT2D eigenvalue weighted by molar-refractivity contribution is 7.89. The molecular weight excluding hydrogens is 463 g/mol. The van der Waals surface area contributed by atoms with Crippen molar-refractivity contribution in [2.45, 2.75) is 37.1 Å². The van der Waals surface area contributed by atoms with Gasteiger partial charge in [-0.1, -0.05) is 12.1 Å². The lowest BCUT2D eigenvalue weighted by atomic mass is 10.2. The van der Waals surface area contributed by atoms with Gasteiger partial charge in [-0.2, -0.15) is 0 Å². The molecule has 1 saturated carbocycles. The topological polar surface area (TPSA) is 114 Å². The summed E-state index contributed by atoms with van der Waals surface area (Å²) in [7, 11) is -4.00. The summed E-state index contributed by atoms with van der Waals surface area (Å²) in [5.74, 6) is -0.829. The molecule has 0 saturated heterocycles. The second-order valence-electron chi connectivity index (χ2n) is 7.40. The van der Waals surface area contributed by atoms with Gasteiger partial charge in [0.2, 0.25) is 21.8 Å². The lowest BCUT2D eigenvalue weighted by molar-refractivity contribution is -0.274. The maximum absolute atomic E-state index is 12.2. The number of hydrogen-bond donors (Lipinski definition) is 3. The fraction of sp³-hybridized carbons (Fsp3) is 0.333. The third kappa shape index (κ3) is 8.06. The van der Waals surface area contributed by atoms with Crippen LogP contribution in [0.3, 0.4) is 0 Å². The first kappa shape index (κ1) is 24.5. The number of amides is 2. The van der Waals surface area contributed by atoms with Crippen molar-refractivity contribution >= 4 is 27.5 Å². The molecule has 1 aliphatic carbocycles. The molecule has 2 aromatic rings. The number of halogens is 3.